The van der Waals surface area contributed by atoms with E-state index in [1.165, 1.54) is 45.1 Å². The van der Waals surface area contributed by atoms with Gasteiger partial charge in [-0.05, 0) is 57.7 Å². The smallest absolute Gasteiger partial charge is 0.0124 e. The van der Waals surface area contributed by atoms with Crippen LogP contribution < -0.4 is 5.73 Å². The number of rotatable bonds is 2. The summed E-state index contributed by atoms with van der Waals surface area (Å²) in [5.74, 6) is 1.78. The van der Waals surface area contributed by atoms with Crippen molar-refractivity contribution < 1.29 is 0 Å². The SMILES string of the molecule is CN1CCC(CN)CC1C1CCCC1. The Morgan fingerprint density at radius 1 is 1.21 bits per heavy atom. The van der Waals surface area contributed by atoms with Crippen molar-refractivity contribution in [1.29, 1.82) is 0 Å². The number of nitrogens with two attached hydrogens (primary N) is 1. The fraction of sp³-hybridized carbons (Fsp3) is 1.00. The highest BCUT2D eigenvalue weighted by Crippen LogP contribution is 2.35. The molecule has 2 fully saturated rings. The first-order valence-electron chi connectivity index (χ1n) is 6.21. The van der Waals surface area contributed by atoms with Crippen molar-refractivity contribution in [3.8, 4) is 0 Å². The Morgan fingerprint density at radius 3 is 2.57 bits per heavy atom. The first kappa shape index (κ1) is 10.4. The monoisotopic (exact) mass is 196 g/mol. The molecule has 2 unspecified atom stereocenters. The predicted molar refractivity (Wildman–Crippen MR) is 60.2 cm³/mol. The summed E-state index contributed by atoms with van der Waals surface area (Å²) in [5, 5.41) is 0. The molecule has 1 saturated carbocycles. The third-order valence-electron chi connectivity index (χ3n) is 4.31. The molecule has 2 rings (SSSR count). The first-order valence-corrected chi connectivity index (χ1v) is 6.21. The maximum Gasteiger partial charge on any atom is 0.0124 e. The summed E-state index contributed by atoms with van der Waals surface area (Å²) in [6.45, 7) is 2.17. The number of piperidine rings is 1. The minimum atomic E-state index is 0.803. The Bertz CT molecular complexity index is 175. The topological polar surface area (TPSA) is 29.3 Å². The lowest BCUT2D eigenvalue weighted by Crippen LogP contribution is -2.45. The Hall–Kier alpha value is -0.0800. The van der Waals surface area contributed by atoms with Crippen LogP contribution in [0.15, 0.2) is 0 Å². The highest BCUT2D eigenvalue weighted by Gasteiger charge is 2.32. The lowest BCUT2D eigenvalue weighted by molar-refractivity contribution is 0.0988. The zero-order valence-electron chi connectivity index (χ0n) is 9.41. The minimum absolute atomic E-state index is 0.803. The highest BCUT2D eigenvalue weighted by molar-refractivity contribution is 4.87. The second kappa shape index (κ2) is 4.63. The van der Waals surface area contributed by atoms with Gasteiger partial charge in [-0.1, -0.05) is 12.8 Å². The van der Waals surface area contributed by atoms with Crippen LogP contribution in [0.25, 0.3) is 0 Å². The predicted octanol–water partition coefficient (Wildman–Crippen LogP) is 1.85. The molecule has 2 atom stereocenters. The Labute approximate surface area is 87.8 Å². The largest absolute Gasteiger partial charge is 0.330 e. The third kappa shape index (κ3) is 2.12. The molecule has 0 radical (unpaired) electrons. The van der Waals surface area contributed by atoms with E-state index < -0.39 is 0 Å². The lowest BCUT2D eigenvalue weighted by atomic mass is 9.83. The molecule has 1 aliphatic heterocycles. The molecule has 0 amide bonds. The first-order chi connectivity index (χ1) is 6.81. The second-order valence-corrected chi connectivity index (χ2v) is 5.22. The van der Waals surface area contributed by atoms with Crippen molar-refractivity contribution in [3.63, 3.8) is 0 Å². The van der Waals surface area contributed by atoms with Crippen molar-refractivity contribution in [2.24, 2.45) is 17.6 Å². The van der Waals surface area contributed by atoms with Gasteiger partial charge in [-0.2, -0.15) is 0 Å². The average Bonchev–Trinajstić information content (AvgIpc) is 2.71. The summed E-state index contributed by atoms with van der Waals surface area (Å²) in [6, 6.07) is 0.847. The summed E-state index contributed by atoms with van der Waals surface area (Å²) in [7, 11) is 2.30. The molecule has 0 aromatic heterocycles. The lowest BCUT2D eigenvalue weighted by Gasteiger charge is -2.40. The molecule has 1 saturated heterocycles. The molecule has 0 aromatic carbocycles. The molecule has 1 aliphatic carbocycles. The van der Waals surface area contributed by atoms with Crippen LogP contribution in [0.1, 0.15) is 38.5 Å². The maximum atomic E-state index is 5.79. The van der Waals surface area contributed by atoms with Crippen molar-refractivity contribution in [2.45, 2.75) is 44.6 Å². The summed E-state index contributed by atoms with van der Waals surface area (Å²) in [4.78, 5) is 2.59. The van der Waals surface area contributed by atoms with Crippen molar-refractivity contribution in [2.75, 3.05) is 20.1 Å². The van der Waals surface area contributed by atoms with E-state index in [4.69, 9.17) is 5.73 Å². The quantitative estimate of drug-likeness (QED) is 0.730. The summed E-state index contributed by atoms with van der Waals surface area (Å²) in [6.07, 6.45) is 8.52. The van der Waals surface area contributed by atoms with Gasteiger partial charge in [0.05, 0.1) is 0 Å². The molecular formula is C12H24N2. The Morgan fingerprint density at radius 2 is 1.93 bits per heavy atom. The highest BCUT2D eigenvalue weighted by atomic mass is 15.1. The average molecular weight is 196 g/mol. The zero-order chi connectivity index (χ0) is 9.97. The van der Waals surface area contributed by atoms with E-state index in [1.807, 2.05) is 0 Å². The van der Waals surface area contributed by atoms with E-state index >= 15 is 0 Å². The van der Waals surface area contributed by atoms with Crippen LogP contribution in [0.3, 0.4) is 0 Å². The van der Waals surface area contributed by atoms with E-state index in [2.05, 4.69) is 11.9 Å². The van der Waals surface area contributed by atoms with Gasteiger partial charge in [-0.25, -0.2) is 0 Å². The Kier molecular flexibility index (Phi) is 3.45. The zero-order valence-corrected chi connectivity index (χ0v) is 9.41. The molecule has 0 aromatic rings. The van der Waals surface area contributed by atoms with Gasteiger partial charge in [0.25, 0.3) is 0 Å². The molecule has 1 heterocycles. The maximum absolute atomic E-state index is 5.79. The molecule has 2 nitrogen and oxygen atoms in total. The number of likely N-dealkylation sites (tertiary alicyclic amines) is 1. The van der Waals surface area contributed by atoms with Crippen LogP contribution >= 0.6 is 0 Å². The fourth-order valence-corrected chi connectivity index (χ4v) is 3.30. The minimum Gasteiger partial charge on any atom is -0.330 e. The molecule has 2 N–H and O–H groups in total. The third-order valence-corrected chi connectivity index (χ3v) is 4.31. The normalized spacial score (nSPS) is 36.4. The molecule has 82 valence electrons. The van der Waals surface area contributed by atoms with E-state index in [9.17, 15) is 0 Å². The van der Waals surface area contributed by atoms with Gasteiger partial charge in [0.2, 0.25) is 0 Å². The van der Waals surface area contributed by atoms with Gasteiger partial charge in [0.15, 0.2) is 0 Å². The molecule has 2 heteroatoms. The Balaban J connectivity index is 1.93. The van der Waals surface area contributed by atoms with Gasteiger partial charge in [-0.3, -0.25) is 0 Å². The van der Waals surface area contributed by atoms with Crippen LogP contribution in [0, 0.1) is 11.8 Å². The van der Waals surface area contributed by atoms with E-state index in [0.717, 1.165) is 24.4 Å². The molecule has 0 bridgehead atoms. The van der Waals surface area contributed by atoms with Gasteiger partial charge in [0.1, 0.15) is 0 Å². The van der Waals surface area contributed by atoms with Crippen LogP contribution in [0.2, 0.25) is 0 Å². The van der Waals surface area contributed by atoms with Crippen molar-refractivity contribution >= 4 is 0 Å². The second-order valence-electron chi connectivity index (χ2n) is 5.22. The molecule has 14 heavy (non-hydrogen) atoms. The number of hydrogen-bond donors (Lipinski definition) is 1. The number of nitrogens with zero attached hydrogens (tertiary/aromatic N) is 1. The van der Waals surface area contributed by atoms with E-state index in [0.29, 0.717) is 0 Å². The van der Waals surface area contributed by atoms with Crippen LogP contribution in [0.5, 0.6) is 0 Å². The van der Waals surface area contributed by atoms with Gasteiger partial charge in [-0.15, -0.1) is 0 Å². The van der Waals surface area contributed by atoms with Gasteiger partial charge < -0.3 is 10.6 Å². The van der Waals surface area contributed by atoms with Crippen LogP contribution in [-0.2, 0) is 0 Å². The van der Waals surface area contributed by atoms with E-state index in [-0.39, 0.29) is 0 Å². The van der Waals surface area contributed by atoms with Crippen LogP contribution in [-0.4, -0.2) is 31.1 Å². The number of hydrogen-bond acceptors (Lipinski definition) is 2. The molecule has 0 spiro atoms. The standard InChI is InChI=1S/C12H24N2/c1-14-7-6-10(9-13)8-12(14)11-4-2-3-5-11/h10-12H,2-9,13H2,1H3. The summed E-state index contributed by atoms with van der Waals surface area (Å²) in [5.41, 5.74) is 5.79. The van der Waals surface area contributed by atoms with Crippen molar-refractivity contribution in [1.82, 2.24) is 4.90 Å². The van der Waals surface area contributed by atoms with Gasteiger partial charge in [0, 0.05) is 6.04 Å². The van der Waals surface area contributed by atoms with Crippen LogP contribution in [0.4, 0.5) is 0 Å². The van der Waals surface area contributed by atoms with E-state index in [1.54, 1.807) is 0 Å². The summed E-state index contributed by atoms with van der Waals surface area (Å²) >= 11 is 0. The fourth-order valence-electron chi connectivity index (χ4n) is 3.30. The van der Waals surface area contributed by atoms with Crippen molar-refractivity contribution in [3.05, 3.63) is 0 Å². The molecule has 2 aliphatic rings. The molecular weight excluding hydrogens is 172 g/mol. The van der Waals surface area contributed by atoms with Gasteiger partial charge >= 0.3 is 0 Å². The summed E-state index contributed by atoms with van der Waals surface area (Å²) < 4.78 is 0.